The van der Waals surface area contributed by atoms with Gasteiger partial charge < -0.3 is 4.74 Å². The van der Waals surface area contributed by atoms with Crippen LogP contribution in [0, 0.1) is 0 Å². The van der Waals surface area contributed by atoms with Crippen LogP contribution in [0.1, 0.15) is 33.1 Å². The summed E-state index contributed by atoms with van der Waals surface area (Å²) in [5, 5.41) is 0. The zero-order valence-electron chi connectivity index (χ0n) is 9.40. The maximum atomic E-state index is 12.3. The first-order valence-electron chi connectivity index (χ1n) is 4.96. The zero-order chi connectivity index (χ0) is 13.7. The summed E-state index contributed by atoms with van der Waals surface area (Å²) in [5.74, 6) is -1.66. The fourth-order valence-corrected chi connectivity index (χ4v) is 0.861. The van der Waals surface area contributed by atoms with Crippen molar-refractivity contribution in [2.75, 3.05) is 0 Å². The highest BCUT2D eigenvalue weighted by Crippen LogP contribution is 2.36. The van der Waals surface area contributed by atoms with Gasteiger partial charge in [0.2, 0.25) is 0 Å². The van der Waals surface area contributed by atoms with Gasteiger partial charge in [-0.1, -0.05) is 25.8 Å². The third-order valence-electron chi connectivity index (χ3n) is 1.88. The lowest BCUT2D eigenvalue weighted by molar-refractivity contribution is -0.375. The topological polar surface area (TPSA) is 26.3 Å². The van der Waals surface area contributed by atoms with E-state index in [2.05, 4.69) is 4.74 Å². The Kier molecular flexibility index (Phi) is 5.57. The minimum Gasteiger partial charge on any atom is -0.390 e. The molecule has 0 spiro atoms. The highest BCUT2D eigenvalue weighted by molar-refractivity contribution is 5.87. The molecule has 0 radical (unpaired) electrons. The molecule has 0 aromatic heterocycles. The Morgan fingerprint density at radius 2 is 1.76 bits per heavy atom. The Balaban J connectivity index is 4.49. The average Bonchev–Trinajstić information content (AvgIpc) is 2.15. The van der Waals surface area contributed by atoms with E-state index in [1.165, 1.54) is 6.08 Å². The summed E-state index contributed by atoms with van der Waals surface area (Å²) < 4.78 is 62.9. The van der Waals surface area contributed by atoms with E-state index >= 15 is 0 Å². The summed E-state index contributed by atoms with van der Waals surface area (Å²) in [7, 11) is 0. The molecule has 0 unspecified atom stereocenters. The Hall–Kier alpha value is -1.14. The van der Waals surface area contributed by atoms with Crippen LogP contribution in [0.2, 0.25) is 0 Å². The lowest BCUT2D eigenvalue weighted by Gasteiger charge is -2.18. The second kappa shape index (κ2) is 5.97. The van der Waals surface area contributed by atoms with E-state index in [0.29, 0.717) is 12.8 Å². The second-order valence-electron chi connectivity index (χ2n) is 3.43. The van der Waals surface area contributed by atoms with Crippen molar-refractivity contribution in [3.8, 4) is 0 Å². The van der Waals surface area contributed by atoms with Gasteiger partial charge >= 0.3 is 18.3 Å². The number of unbranched alkanes of at least 4 members (excludes halogenated alkanes) is 2. The van der Waals surface area contributed by atoms with Crippen LogP contribution in [0.25, 0.3) is 0 Å². The molecule has 0 N–H and O–H groups in total. The Morgan fingerprint density at radius 3 is 2.18 bits per heavy atom. The Labute approximate surface area is 95.4 Å². The number of ether oxygens (including phenoxy) is 1. The number of hydrogen-bond donors (Lipinski definition) is 0. The van der Waals surface area contributed by atoms with E-state index in [1.54, 1.807) is 0 Å². The van der Waals surface area contributed by atoms with Crippen molar-refractivity contribution in [2.45, 2.75) is 45.4 Å². The molecule has 0 amide bonds. The van der Waals surface area contributed by atoms with Gasteiger partial charge in [0.1, 0.15) is 0 Å². The van der Waals surface area contributed by atoms with Crippen LogP contribution in [-0.4, -0.2) is 18.3 Å². The van der Waals surface area contributed by atoms with Gasteiger partial charge in [-0.25, -0.2) is 4.79 Å². The minimum atomic E-state index is -5.90. The molecular weight excluding hydrogens is 247 g/mol. The van der Waals surface area contributed by atoms with Crippen molar-refractivity contribution in [1.29, 1.82) is 0 Å². The lowest BCUT2D eigenvalue weighted by atomic mass is 10.2. The van der Waals surface area contributed by atoms with Gasteiger partial charge in [0, 0.05) is 5.57 Å². The van der Waals surface area contributed by atoms with E-state index in [4.69, 9.17) is 0 Å². The van der Waals surface area contributed by atoms with Gasteiger partial charge in [0.15, 0.2) is 0 Å². The van der Waals surface area contributed by atoms with Crippen molar-refractivity contribution in [3.05, 3.63) is 11.6 Å². The van der Waals surface area contributed by atoms with Gasteiger partial charge in [0.25, 0.3) is 0 Å². The summed E-state index contributed by atoms with van der Waals surface area (Å²) in [4.78, 5) is 10.9. The van der Waals surface area contributed by atoms with Crippen molar-refractivity contribution in [3.63, 3.8) is 0 Å². The molecular formula is C10H13F5O2. The summed E-state index contributed by atoms with van der Waals surface area (Å²) >= 11 is 0. The third kappa shape index (κ3) is 5.14. The maximum absolute atomic E-state index is 12.3. The normalized spacial score (nSPS) is 13.7. The van der Waals surface area contributed by atoms with Crippen molar-refractivity contribution in [2.24, 2.45) is 0 Å². The van der Waals surface area contributed by atoms with Crippen LogP contribution in [0.3, 0.4) is 0 Å². The quantitative estimate of drug-likeness (QED) is 0.325. The molecule has 0 atom stereocenters. The molecule has 0 aromatic carbocycles. The number of carbonyl (C=O) groups excluding carboxylic acids is 1. The van der Waals surface area contributed by atoms with Gasteiger partial charge in [-0.2, -0.15) is 22.0 Å². The fraction of sp³-hybridized carbons (Fsp3) is 0.700. The predicted molar refractivity (Wildman–Crippen MR) is 50.4 cm³/mol. The highest BCUT2D eigenvalue weighted by Gasteiger charge is 2.62. The van der Waals surface area contributed by atoms with Gasteiger partial charge in [-0.05, 0) is 13.3 Å². The predicted octanol–water partition coefficient (Wildman–Crippen LogP) is 3.82. The molecule has 0 saturated carbocycles. The van der Waals surface area contributed by atoms with Crippen molar-refractivity contribution in [1.82, 2.24) is 0 Å². The molecule has 0 aliphatic heterocycles. The van der Waals surface area contributed by atoms with Gasteiger partial charge in [-0.3, -0.25) is 0 Å². The molecule has 0 fully saturated rings. The lowest BCUT2D eigenvalue weighted by Crippen LogP contribution is -2.41. The smallest absolute Gasteiger partial charge is 0.390 e. The van der Waals surface area contributed by atoms with Gasteiger partial charge in [-0.15, -0.1) is 0 Å². The summed E-state index contributed by atoms with van der Waals surface area (Å²) in [6, 6.07) is 0. The number of rotatable bonds is 5. The maximum Gasteiger partial charge on any atom is 0.501 e. The largest absolute Gasteiger partial charge is 0.501 e. The molecule has 0 saturated heterocycles. The van der Waals surface area contributed by atoms with Crippen LogP contribution in [0.5, 0.6) is 0 Å². The molecule has 2 nitrogen and oxygen atoms in total. The van der Waals surface area contributed by atoms with Crippen LogP contribution < -0.4 is 0 Å². The van der Waals surface area contributed by atoms with Crippen molar-refractivity contribution >= 4 is 5.97 Å². The molecule has 0 aliphatic carbocycles. The van der Waals surface area contributed by atoms with Crippen LogP contribution in [0.15, 0.2) is 11.6 Å². The molecule has 0 bridgehead atoms. The summed E-state index contributed by atoms with van der Waals surface area (Å²) in [6.45, 7) is 3.00. The first-order valence-corrected chi connectivity index (χ1v) is 4.96. The minimum absolute atomic E-state index is 0.262. The summed E-state index contributed by atoms with van der Waals surface area (Å²) in [6.07, 6.45) is -8.12. The number of carbonyl (C=O) groups is 1. The van der Waals surface area contributed by atoms with E-state index in [-0.39, 0.29) is 5.57 Å². The first kappa shape index (κ1) is 15.9. The Morgan fingerprint density at radius 1 is 1.24 bits per heavy atom. The monoisotopic (exact) mass is 260 g/mol. The van der Waals surface area contributed by atoms with Crippen LogP contribution in [-0.2, 0) is 9.53 Å². The highest BCUT2D eigenvalue weighted by atomic mass is 19.4. The molecule has 0 rings (SSSR count). The van der Waals surface area contributed by atoms with Crippen LogP contribution in [0.4, 0.5) is 22.0 Å². The molecule has 7 heteroatoms. The molecule has 0 aliphatic rings. The number of esters is 1. The number of hydrogen-bond acceptors (Lipinski definition) is 2. The average molecular weight is 260 g/mol. The zero-order valence-corrected chi connectivity index (χ0v) is 9.40. The Bertz CT molecular complexity index is 294. The standard InChI is InChI=1S/C10H13F5O2/c1-3-4-5-6-7(2)8(16)17-10(14,15)9(11,12)13/h6H,3-5H2,1-2H3. The number of allylic oxidation sites excluding steroid dienone is 1. The second-order valence-corrected chi connectivity index (χ2v) is 3.43. The van der Waals surface area contributed by atoms with E-state index < -0.39 is 18.3 Å². The fourth-order valence-electron chi connectivity index (χ4n) is 0.861. The van der Waals surface area contributed by atoms with E-state index in [9.17, 15) is 26.7 Å². The first-order chi connectivity index (χ1) is 7.62. The van der Waals surface area contributed by atoms with Crippen LogP contribution >= 0.6 is 0 Å². The summed E-state index contributed by atoms with van der Waals surface area (Å²) in [5.41, 5.74) is -0.262. The van der Waals surface area contributed by atoms with Gasteiger partial charge in [0.05, 0.1) is 0 Å². The van der Waals surface area contributed by atoms with E-state index in [1.807, 2.05) is 6.92 Å². The van der Waals surface area contributed by atoms with Crippen molar-refractivity contribution < 1.29 is 31.5 Å². The SMILES string of the molecule is CCCCC=C(C)C(=O)OC(F)(F)C(F)(F)F. The molecule has 17 heavy (non-hydrogen) atoms. The molecule has 0 heterocycles. The van der Waals surface area contributed by atoms with E-state index in [0.717, 1.165) is 13.3 Å². The third-order valence-corrected chi connectivity index (χ3v) is 1.88. The number of alkyl halides is 5. The molecule has 0 aromatic rings. The molecule has 100 valence electrons. The number of halogens is 5.